The van der Waals surface area contributed by atoms with E-state index < -0.39 is 10.0 Å². The highest BCUT2D eigenvalue weighted by molar-refractivity contribution is 7.89. The van der Waals surface area contributed by atoms with Crippen LogP contribution in [-0.2, 0) is 16.6 Å². The fraction of sp³-hybridized carbons (Fsp3) is 0.316. The molecule has 8 heteroatoms. The maximum absolute atomic E-state index is 12.5. The number of carbonyl (C=O) groups is 1. The lowest BCUT2D eigenvalue weighted by atomic mass is 10.2. The van der Waals surface area contributed by atoms with Crippen LogP contribution in [0.15, 0.2) is 47.4 Å². The summed E-state index contributed by atoms with van der Waals surface area (Å²) >= 11 is 0. The van der Waals surface area contributed by atoms with Crippen molar-refractivity contribution >= 4 is 15.9 Å². The quantitative estimate of drug-likeness (QED) is 0.719. The number of amides is 1. The van der Waals surface area contributed by atoms with Crippen molar-refractivity contribution in [1.82, 2.24) is 10.0 Å². The van der Waals surface area contributed by atoms with Gasteiger partial charge in [0.25, 0.3) is 5.91 Å². The highest BCUT2D eigenvalue weighted by Gasteiger charge is 2.16. The molecule has 0 fully saturated rings. The van der Waals surface area contributed by atoms with Crippen LogP contribution in [0.1, 0.15) is 29.8 Å². The first kappa shape index (κ1) is 20.7. The molecule has 0 atom stereocenters. The van der Waals surface area contributed by atoms with Crippen LogP contribution in [0.5, 0.6) is 11.5 Å². The predicted molar refractivity (Wildman–Crippen MR) is 103 cm³/mol. The molecule has 1 amide bonds. The van der Waals surface area contributed by atoms with Gasteiger partial charge in [-0.15, -0.1) is 0 Å². The van der Waals surface area contributed by atoms with Gasteiger partial charge in [-0.2, -0.15) is 0 Å². The summed E-state index contributed by atoms with van der Waals surface area (Å²) in [5.41, 5.74) is 1.13. The van der Waals surface area contributed by atoms with Gasteiger partial charge >= 0.3 is 0 Å². The molecular formula is C19H24N2O5S. The Morgan fingerprint density at radius 2 is 1.63 bits per heavy atom. The van der Waals surface area contributed by atoms with Crippen LogP contribution in [0.25, 0.3) is 0 Å². The van der Waals surface area contributed by atoms with Crippen molar-refractivity contribution in [1.29, 1.82) is 0 Å². The zero-order valence-electron chi connectivity index (χ0n) is 15.8. The van der Waals surface area contributed by atoms with E-state index in [2.05, 4.69) is 10.0 Å². The van der Waals surface area contributed by atoms with Crippen LogP contribution in [0, 0.1) is 0 Å². The van der Waals surface area contributed by atoms with E-state index in [1.165, 1.54) is 38.5 Å². The van der Waals surface area contributed by atoms with E-state index in [-0.39, 0.29) is 23.4 Å². The summed E-state index contributed by atoms with van der Waals surface area (Å²) in [6.45, 7) is 3.81. The van der Waals surface area contributed by atoms with Crippen molar-refractivity contribution in [3.8, 4) is 11.5 Å². The number of methoxy groups -OCH3 is 2. The van der Waals surface area contributed by atoms with Crippen LogP contribution >= 0.6 is 0 Å². The lowest BCUT2D eigenvalue weighted by Gasteiger charge is -2.11. The molecule has 0 aliphatic rings. The minimum absolute atomic E-state index is 0.00376. The molecule has 0 aliphatic carbocycles. The van der Waals surface area contributed by atoms with Crippen LogP contribution in [0.4, 0.5) is 0 Å². The first-order chi connectivity index (χ1) is 12.8. The normalized spacial score (nSPS) is 11.3. The van der Waals surface area contributed by atoms with Crippen molar-refractivity contribution in [3.63, 3.8) is 0 Å². The molecule has 0 aromatic heterocycles. The van der Waals surface area contributed by atoms with Crippen LogP contribution < -0.4 is 19.5 Å². The summed E-state index contributed by atoms with van der Waals surface area (Å²) in [5, 5.41) is 2.76. The van der Waals surface area contributed by atoms with Gasteiger partial charge in [-0.3, -0.25) is 4.79 Å². The SMILES string of the molecule is COc1ccc(CNS(=O)(=O)c2ccc(C(=O)NC(C)C)cc2)cc1OC. The Bertz CT molecular complexity index is 893. The smallest absolute Gasteiger partial charge is 0.251 e. The van der Waals surface area contributed by atoms with E-state index in [1.807, 2.05) is 13.8 Å². The van der Waals surface area contributed by atoms with Gasteiger partial charge in [0.2, 0.25) is 10.0 Å². The Balaban J connectivity index is 2.09. The molecule has 0 saturated carbocycles. The van der Waals surface area contributed by atoms with Gasteiger partial charge < -0.3 is 14.8 Å². The molecule has 0 heterocycles. The molecule has 0 saturated heterocycles. The summed E-state index contributed by atoms with van der Waals surface area (Å²) in [6, 6.07) is 11.0. The average molecular weight is 392 g/mol. The van der Waals surface area contributed by atoms with Crippen molar-refractivity contribution in [3.05, 3.63) is 53.6 Å². The number of hydrogen-bond acceptors (Lipinski definition) is 5. The average Bonchev–Trinajstić information content (AvgIpc) is 2.65. The zero-order chi connectivity index (χ0) is 20.0. The molecule has 0 aliphatic heterocycles. The Labute approximate surface area is 159 Å². The van der Waals surface area contributed by atoms with Crippen LogP contribution in [0.3, 0.4) is 0 Å². The van der Waals surface area contributed by atoms with Crippen molar-refractivity contribution < 1.29 is 22.7 Å². The first-order valence-corrected chi connectivity index (χ1v) is 9.86. The third-order valence-electron chi connectivity index (χ3n) is 3.76. The molecule has 0 bridgehead atoms. The van der Waals surface area contributed by atoms with Gasteiger partial charge in [0.05, 0.1) is 19.1 Å². The Hall–Kier alpha value is -2.58. The number of rotatable bonds is 8. The number of sulfonamides is 1. The highest BCUT2D eigenvalue weighted by atomic mass is 32.2. The standard InChI is InChI=1S/C19H24N2O5S/c1-13(2)21-19(22)15-6-8-16(9-7-15)27(23,24)20-12-14-5-10-17(25-3)18(11-14)26-4/h5-11,13,20H,12H2,1-4H3,(H,21,22). The van der Waals surface area contributed by atoms with Crippen molar-refractivity contribution in [2.24, 2.45) is 0 Å². The molecule has 2 N–H and O–H groups in total. The fourth-order valence-electron chi connectivity index (χ4n) is 2.38. The molecule has 2 rings (SSSR count). The number of carbonyl (C=O) groups excluding carboxylic acids is 1. The second kappa shape index (κ2) is 8.88. The van der Waals surface area contributed by atoms with Crippen LogP contribution in [-0.4, -0.2) is 34.6 Å². The second-order valence-electron chi connectivity index (χ2n) is 6.17. The molecule has 0 unspecified atom stereocenters. The monoisotopic (exact) mass is 392 g/mol. The van der Waals surface area contributed by atoms with E-state index >= 15 is 0 Å². The molecule has 146 valence electrons. The fourth-order valence-corrected chi connectivity index (χ4v) is 3.40. The lowest BCUT2D eigenvalue weighted by molar-refractivity contribution is 0.0943. The van der Waals surface area contributed by atoms with Crippen molar-refractivity contribution in [2.45, 2.75) is 31.3 Å². The van der Waals surface area contributed by atoms with E-state index in [1.54, 1.807) is 18.2 Å². The van der Waals surface area contributed by atoms with E-state index in [9.17, 15) is 13.2 Å². The third kappa shape index (κ3) is 5.45. The lowest BCUT2D eigenvalue weighted by Crippen LogP contribution is -2.30. The predicted octanol–water partition coefficient (Wildman–Crippen LogP) is 2.32. The number of hydrogen-bond donors (Lipinski definition) is 2. The van der Waals surface area contributed by atoms with E-state index in [0.29, 0.717) is 17.1 Å². The maximum atomic E-state index is 12.5. The molecule has 0 spiro atoms. The second-order valence-corrected chi connectivity index (χ2v) is 7.93. The van der Waals surface area contributed by atoms with Crippen LogP contribution in [0.2, 0.25) is 0 Å². The van der Waals surface area contributed by atoms with Gasteiger partial charge in [-0.05, 0) is 55.8 Å². The molecule has 7 nitrogen and oxygen atoms in total. The Kier molecular flexibility index (Phi) is 6.81. The Morgan fingerprint density at radius 1 is 1.00 bits per heavy atom. The van der Waals surface area contributed by atoms with Gasteiger partial charge in [0, 0.05) is 18.2 Å². The van der Waals surface area contributed by atoms with Gasteiger partial charge in [-0.25, -0.2) is 13.1 Å². The molecule has 0 radical (unpaired) electrons. The molecule has 27 heavy (non-hydrogen) atoms. The van der Waals surface area contributed by atoms with E-state index in [4.69, 9.17) is 9.47 Å². The maximum Gasteiger partial charge on any atom is 0.251 e. The molecular weight excluding hydrogens is 368 g/mol. The van der Waals surface area contributed by atoms with Gasteiger partial charge in [0.1, 0.15) is 0 Å². The topological polar surface area (TPSA) is 93.7 Å². The summed E-state index contributed by atoms with van der Waals surface area (Å²) < 4.78 is 37.9. The number of ether oxygens (including phenoxy) is 2. The summed E-state index contributed by atoms with van der Waals surface area (Å²) in [7, 11) is -0.663. The van der Waals surface area contributed by atoms with E-state index in [0.717, 1.165) is 5.56 Å². The Morgan fingerprint density at radius 3 is 2.19 bits per heavy atom. The largest absolute Gasteiger partial charge is 0.493 e. The number of nitrogens with one attached hydrogen (secondary N) is 2. The zero-order valence-corrected chi connectivity index (χ0v) is 16.6. The van der Waals surface area contributed by atoms with Gasteiger partial charge in [-0.1, -0.05) is 6.07 Å². The minimum atomic E-state index is -3.71. The number of benzene rings is 2. The summed E-state index contributed by atoms with van der Waals surface area (Å²) in [5.74, 6) is 0.848. The third-order valence-corrected chi connectivity index (χ3v) is 5.18. The van der Waals surface area contributed by atoms with Gasteiger partial charge in [0.15, 0.2) is 11.5 Å². The first-order valence-electron chi connectivity index (χ1n) is 8.38. The molecule has 2 aromatic carbocycles. The minimum Gasteiger partial charge on any atom is -0.493 e. The summed E-state index contributed by atoms with van der Waals surface area (Å²) in [4.78, 5) is 12.0. The molecule has 2 aromatic rings. The summed E-state index contributed by atoms with van der Waals surface area (Å²) in [6.07, 6.45) is 0. The van der Waals surface area contributed by atoms with Crippen molar-refractivity contribution in [2.75, 3.05) is 14.2 Å². The highest BCUT2D eigenvalue weighted by Crippen LogP contribution is 2.27.